The number of amides is 1. The minimum atomic E-state index is -0.0573. The Morgan fingerprint density at radius 1 is 1.44 bits per heavy atom. The number of rotatable bonds is 5. The van der Waals surface area contributed by atoms with E-state index in [0.29, 0.717) is 12.1 Å². The summed E-state index contributed by atoms with van der Waals surface area (Å²) in [5, 5.41) is 2.89. The van der Waals surface area contributed by atoms with Gasteiger partial charge in [-0.05, 0) is 31.6 Å². The van der Waals surface area contributed by atoms with Crippen molar-refractivity contribution in [1.82, 2.24) is 5.32 Å². The first kappa shape index (κ1) is 14.0. The van der Waals surface area contributed by atoms with Gasteiger partial charge in [-0.3, -0.25) is 4.79 Å². The average molecular weight is 241 g/mol. The van der Waals surface area contributed by atoms with Gasteiger partial charge < -0.3 is 5.32 Å². The van der Waals surface area contributed by atoms with Gasteiger partial charge in [0, 0.05) is 12.1 Å². The molecule has 1 rings (SSSR count). The molecule has 94 valence electrons. The highest BCUT2D eigenvalue weighted by molar-refractivity contribution is 5.94. The number of nitrogens with one attached hydrogen (secondary N) is 1. The fourth-order valence-corrected chi connectivity index (χ4v) is 1.61. The lowest BCUT2D eigenvalue weighted by atomic mass is 10.1. The van der Waals surface area contributed by atoms with Crippen molar-refractivity contribution in [2.75, 3.05) is 6.54 Å². The number of hydrogen-bond acceptors (Lipinski definition) is 1. The topological polar surface area (TPSA) is 29.1 Å². The maximum atomic E-state index is 11.9. The van der Waals surface area contributed by atoms with E-state index in [0.717, 1.165) is 11.1 Å². The van der Waals surface area contributed by atoms with Crippen molar-refractivity contribution in [3.05, 3.63) is 71.8 Å². The molecule has 0 aromatic heterocycles. The fraction of sp³-hybridized carbons (Fsp3) is 0.188. The molecule has 0 heterocycles. The zero-order valence-electron chi connectivity index (χ0n) is 10.9. The summed E-state index contributed by atoms with van der Waals surface area (Å²) < 4.78 is 0. The third-order valence-electron chi connectivity index (χ3n) is 2.45. The van der Waals surface area contributed by atoms with Crippen molar-refractivity contribution in [2.45, 2.75) is 13.8 Å². The van der Waals surface area contributed by atoms with Gasteiger partial charge in [0.1, 0.15) is 0 Å². The first-order chi connectivity index (χ1) is 8.67. The molecule has 1 aromatic rings. The van der Waals surface area contributed by atoms with E-state index in [4.69, 9.17) is 0 Å². The highest BCUT2D eigenvalue weighted by Gasteiger charge is 2.04. The van der Waals surface area contributed by atoms with Gasteiger partial charge in [0.25, 0.3) is 5.91 Å². The summed E-state index contributed by atoms with van der Waals surface area (Å²) in [4.78, 5) is 11.9. The Morgan fingerprint density at radius 2 is 2.22 bits per heavy atom. The zero-order valence-corrected chi connectivity index (χ0v) is 10.9. The Kier molecular flexibility index (Phi) is 5.65. The second kappa shape index (κ2) is 7.28. The molecule has 18 heavy (non-hydrogen) atoms. The molecule has 0 spiro atoms. The molecule has 1 N–H and O–H groups in total. The molecule has 0 aliphatic rings. The molecule has 1 amide bonds. The lowest BCUT2D eigenvalue weighted by molar-refractivity contribution is 0.0957. The summed E-state index contributed by atoms with van der Waals surface area (Å²) in [5.74, 6) is -0.0573. The summed E-state index contributed by atoms with van der Waals surface area (Å²) in [6.07, 6.45) is 7.50. The third kappa shape index (κ3) is 4.42. The van der Waals surface area contributed by atoms with Gasteiger partial charge in [0.15, 0.2) is 0 Å². The Hall–Kier alpha value is -2.09. The maximum absolute atomic E-state index is 11.9. The SMILES string of the molecule is C=C/C=C(\C=C/C)CNC(=O)c1cccc(C)c1. The van der Waals surface area contributed by atoms with Crippen LogP contribution in [-0.2, 0) is 0 Å². The minimum Gasteiger partial charge on any atom is -0.348 e. The number of aryl methyl sites for hydroxylation is 1. The normalized spacial score (nSPS) is 11.6. The molecule has 0 bridgehead atoms. The lowest BCUT2D eigenvalue weighted by Crippen LogP contribution is -2.25. The van der Waals surface area contributed by atoms with Gasteiger partial charge >= 0.3 is 0 Å². The minimum absolute atomic E-state index is 0.0573. The van der Waals surface area contributed by atoms with Crippen LogP contribution in [0.3, 0.4) is 0 Å². The molecular weight excluding hydrogens is 222 g/mol. The Balaban J connectivity index is 2.66. The molecule has 0 fully saturated rings. The van der Waals surface area contributed by atoms with Crippen LogP contribution in [0.1, 0.15) is 22.8 Å². The first-order valence-corrected chi connectivity index (χ1v) is 5.96. The van der Waals surface area contributed by atoms with E-state index in [1.54, 1.807) is 6.08 Å². The van der Waals surface area contributed by atoms with Crippen molar-refractivity contribution in [1.29, 1.82) is 0 Å². The van der Waals surface area contributed by atoms with Crippen molar-refractivity contribution in [3.63, 3.8) is 0 Å². The summed E-state index contributed by atoms with van der Waals surface area (Å²) >= 11 is 0. The van der Waals surface area contributed by atoms with Crippen LogP contribution in [0.4, 0.5) is 0 Å². The highest BCUT2D eigenvalue weighted by atomic mass is 16.1. The molecule has 0 saturated carbocycles. The largest absolute Gasteiger partial charge is 0.348 e. The summed E-state index contributed by atoms with van der Waals surface area (Å²) in [6.45, 7) is 8.08. The molecule has 2 heteroatoms. The van der Waals surface area contributed by atoms with Gasteiger partial charge in [-0.2, -0.15) is 0 Å². The fourth-order valence-electron chi connectivity index (χ4n) is 1.61. The number of hydrogen-bond donors (Lipinski definition) is 1. The third-order valence-corrected chi connectivity index (χ3v) is 2.45. The molecule has 1 aromatic carbocycles. The Morgan fingerprint density at radius 3 is 2.83 bits per heavy atom. The van der Waals surface area contributed by atoms with Crippen molar-refractivity contribution < 1.29 is 4.79 Å². The summed E-state index contributed by atoms with van der Waals surface area (Å²) in [7, 11) is 0. The van der Waals surface area contributed by atoms with Crippen LogP contribution in [0, 0.1) is 6.92 Å². The van der Waals surface area contributed by atoms with E-state index < -0.39 is 0 Å². The molecule has 0 unspecified atom stereocenters. The summed E-state index contributed by atoms with van der Waals surface area (Å²) in [6, 6.07) is 7.55. The van der Waals surface area contributed by atoms with Gasteiger partial charge in [-0.1, -0.05) is 48.6 Å². The van der Waals surface area contributed by atoms with Crippen LogP contribution in [0.2, 0.25) is 0 Å². The zero-order chi connectivity index (χ0) is 13.4. The van der Waals surface area contributed by atoms with Crippen LogP contribution >= 0.6 is 0 Å². The van der Waals surface area contributed by atoms with Crippen LogP contribution in [0.15, 0.2) is 60.7 Å². The Labute approximate surface area is 109 Å². The molecular formula is C16H19NO. The second-order valence-corrected chi connectivity index (χ2v) is 4.03. The molecule has 0 radical (unpaired) electrons. The van der Waals surface area contributed by atoms with E-state index in [9.17, 15) is 4.79 Å². The lowest BCUT2D eigenvalue weighted by Gasteiger charge is -2.06. The van der Waals surface area contributed by atoms with E-state index >= 15 is 0 Å². The molecule has 0 atom stereocenters. The predicted molar refractivity (Wildman–Crippen MR) is 76.6 cm³/mol. The van der Waals surface area contributed by atoms with Crippen molar-refractivity contribution >= 4 is 5.91 Å². The number of carbonyl (C=O) groups excluding carboxylic acids is 1. The van der Waals surface area contributed by atoms with Crippen molar-refractivity contribution in [2.24, 2.45) is 0 Å². The molecule has 0 aliphatic carbocycles. The number of allylic oxidation sites excluding steroid dienone is 3. The van der Waals surface area contributed by atoms with Crippen molar-refractivity contribution in [3.8, 4) is 0 Å². The molecule has 0 aliphatic heterocycles. The monoisotopic (exact) mass is 241 g/mol. The van der Waals surface area contributed by atoms with E-state index in [1.165, 1.54) is 0 Å². The van der Waals surface area contributed by atoms with Gasteiger partial charge in [-0.15, -0.1) is 0 Å². The highest BCUT2D eigenvalue weighted by Crippen LogP contribution is 2.04. The standard InChI is InChI=1S/C16H19NO/c1-4-7-14(8-5-2)12-17-16(18)15-10-6-9-13(3)11-15/h4-11H,1,12H2,2-3H3,(H,17,18)/b8-5-,14-7+. The summed E-state index contributed by atoms with van der Waals surface area (Å²) in [5.41, 5.74) is 2.79. The smallest absolute Gasteiger partial charge is 0.251 e. The first-order valence-electron chi connectivity index (χ1n) is 5.96. The quantitative estimate of drug-likeness (QED) is 0.786. The predicted octanol–water partition coefficient (Wildman–Crippen LogP) is 3.41. The van der Waals surface area contributed by atoms with E-state index in [1.807, 2.05) is 56.3 Å². The van der Waals surface area contributed by atoms with Gasteiger partial charge in [-0.25, -0.2) is 0 Å². The van der Waals surface area contributed by atoms with Gasteiger partial charge in [0.2, 0.25) is 0 Å². The number of benzene rings is 1. The van der Waals surface area contributed by atoms with Crippen LogP contribution in [0.5, 0.6) is 0 Å². The van der Waals surface area contributed by atoms with Crippen LogP contribution in [-0.4, -0.2) is 12.5 Å². The van der Waals surface area contributed by atoms with Crippen LogP contribution in [0.25, 0.3) is 0 Å². The second-order valence-electron chi connectivity index (χ2n) is 4.03. The molecule has 2 nitrogen and oxygen atoms in total. The Bertz CT molecular complexity index is 484. The van der Waals surface area contributed by atoms with Gasteiger partial charge in [0.05, 0.1) is 0 Å². The molecule has 0 saturated heterocycles. The van der Waals surface area contributed by atoms with Crippen LogP contribution < -0.4 is 5.32 Å². The van der Waals surface area contributed by atoms with E-state index in [-0.39, 0.29) is 5.91 Å². The number of carbonyl (C=O) groups is 1. The maximum Gasteiger partial charge on any atom is 0.251 e. The van der Waals surface area contributed by atoms with E-state index in [2.05, 4.69) is 11.9 Å². The average Bonchev–Trinajstić information content (AvgIpc) is 2.36.